The van der Waals surface area contributed by atoms with E-state index in [1.165, 1.54) is 35.3 Å². The zero-order valence-electron chi connectivity index (χ0n) is 13.1. The minimum absolute atomic E-state index is 0.231. The van der Waals surface area contributed by atoms with Crippen LogP contribution in [0.5, 0.6) is 0 Å². The summed E-state index contributed by atoms with van der Waals surface area (Å²) in [7, 11) is -4.23. The van der Waals surface area contributed by atoms with Crippen molar-refractivity contribution in [3.05, 3.63) is 76.4 Å². The summed E-state index contributed by atoms with van der Waals surface area (Å²) < 4.78 is 41.1. The van der Waals surface area contributed by atoms with E-state index in [4.69, 9.17) is 0 Å². The molecule has 1 heterocycles. The van der Waals surface area contributed by atoms with Crippen molar-refractivity contribution in [3.8, 4) is 0 Å². The lowest BCUT2D eigenvalue weighted by Gasteiger charge is -2.05. The number of sulfonamides is 1. The highest BCUT2D eigenvalue weighted by atomic mass is 32.2. The van der Waals surface area contributed by atoms with Gasteiger partial charge in [-0.15, -0.1) is 5.10 Å². The standard InChI is InChI=1S/C15H12FN5O4S/c16-12-7-5-11(6-8-12)9-20-10-17-15(18-20)19-26(24,25)14-4-2-1-3-13(14)21(22)23/h1-8,10H,9H2,(H,18,19). The van der Waals surface area contributed by atoms with Crippen molar-refractivity contribution in [3.63, 3.8) is 0 Å². The first-order valence-corrected chi connectivity index (χ1v) is 8.73. The van der Waals surface area contributed by atoms with Crippen molar-refractivity contribution in [1.29, 1.82) is 0 Å². The lowest BCUT2D eigenvalue weighted by molar-refractivity contribution is -0.387. The van der Waals surface area contributed by atoms with Crippen LogP contribution >= 0.6 is 0 Å². The van der Waals surface area contributed by atoms with Crippen LogP contribution in [-0.4, -0.2) is 28.1 Å². The van der Waals surface area contributed by atoms with Gasteiger partial charge in [0.25, 0.3) is 21.7 Å². The molecule has 0 saturated carbocycles. The quantitative estimate of drug-likeness (QED) is 0.519. The Morgan fingerprint density at radius 1 is 1.15 bits per heavy atom. The highest BCUT2D eigenvalue weighted by Crippen LogP contribution is 2.24. The molecular weight excluding hydrogens is 365 g/mol. The molecule has 1 N–H and O–H groups in total. The normalized spacial score (nSPS) is 11.3. The summed E-state index contributed by atoms with van der Waals surface area (Å²) in [5, 5.41) is 15.0. The van der Waals surface area contributed by atoms with Gasteiger partial charge in [-0.2, -0.15) is 4.98 Å². The third-order valence-corrected chi connectivity index (χ3v) is 4.75. The number of hydrogen-bond donors (Lipinski definition) is 1. The summed E-state index contributed by atoms with van der Waals surface area (Å²) in [5.41, 5.74) is 0.190. The van der Waals surface area contributed by atoms with E-state index in [1.807, 2.05) is 0 Å². The van der Waals surface area contributed by atoms with Crippen LogP contribution < -0.4 is 4.72 Å². The van der Waals surface area contributed by atoms with Gasteiger partial charge in [-0.1, -0.05) is 24.3 Å². The monoisotopic (exact) mass is 377 g/mol. The summed E-state index contributed by atoms with van der Waals surface area (Å²) in [4.78, 5) is 13.6. The van der Waals surface area contributed by atoms with E-state index >= 15 is 0 Å². The van der Waals surface area contributed by atoms with Crippen molar-refractivity contribution < 1.29 is 17.7 Å². The molecule has 0 atom stereocenters. The largest absolute Gasteiger partial charge is 0.289 e. The van der Waals surface area contributed by atoms with Gasteiger partial charge in [-0.25, -0.2) is 22.2 Å². The molecule has 26 heavy (non-hydrogen) atoms. The van der Waals surface area contributed by atoms with E-state index in [1.54, 1.807) is 12.1 Å². The average Bonchev–Trinajstić information content (AvgIpc) is 3.03. The number of rotatable bonds is 6. The molecule has 0 bridgehead atoms. The minimum Gasteiger partial charge on any atom is -0.258 e. The van der Waals surface area contributed by atoms with Crippen molar-refractivity contribution in [2.24, 2.45) is 0 Å². The first-order valence-electron chi connectivity index (χ1n) is 7.25. The molecule has 0 saturated heterocycles. The Morgan fingerprint density at radius 3 is 2.54 bits per heavy atom. The summed E-state index contributed by atoms with van der Waals surface area (Å²) >= 11 is 0. The third kappa shape index (κ3) is 3.83. The molecular formula is C15H12FN5O4S. The molecule has 0 amide bonds. The van der Waals surface area contributed by atoms with Crippen LogP contribution in [0, 0.1) is 15.9 Å². The van der Waals surface area contributed by atoms with E-state index in [0.717, 1.165) is 17.7 Å². The van der Waals surface area contributed by atoms with Crippen LogP contribution in [0.4, 0.5) is 16.0 Å². The lowest BCUT2D eigenvalue weighted by atomic mass is 10.2. The Balaban J connectivity index is 1.80. The predicted octanol–water partition coefficient (Wildman–Crippen LogP) is 2.17. The summed E-state index contributed by atoms with van der Waals surface area (Å²) in [6, 6.07) is 10.7. The number of aromatic nitrogens is 3. The number of anilines is 1. The van der Waals surface area contributed by atoms with E-state index in [9.17, 15) is 22.9 Å². The lowest BCUT2D eigenvalue weighted by Crippen LogP contribution is -2.16. The molecule has 2 aromatic carbocycles. The molecule has 3 aromatic rings. The molecule has 0 aliphatic heterocycles. The molecule has 11 heteroatoms. The van der Waals surface area contributed by atoms with E-state index < -0.39 is 25.5 Å². The maximum atomic E-state index is 12.9. The Labute approximate surface area is 147 Å². The smallest absolute Gasteiger partial charge is 0.258 e. The van der Waals surface area contributed by atoms with Gasteiger partial charge in [-0.3, -0.25) is 10.1 Å². The van der Waals surface area contributed by atoms with Crippen LogP contribution in [0.25, 0.3) is 0 Å². The van der Waals surface area contributed by atoms with Crippen molar-refractivity contribution >= 4 is 21.7 Å². The highest BCUT2D eigenvalue weighted by molar-refractivity contribution is 7.92. The number of nitro benzene ring substituents is 1. The Kier molecular flexibility index (Phi) is 4.63. The van der Waals surface area contributed by atoms with Gasteiger partial charge < -0.3 is 0 Å². The number of hydrogen-bond acceptors (Lipinski definition) is 6. The molecule has 0 fully saturated rings. The Morgan fingerprint density at radius 2 is 1.85 bits per heavy atom. The van der Waals surface area contributed by atoms with Crippen LogP contribution in [-0.2, 0) is 16.6 Å². The van der Waals surface area contributed by atoms with E-state index in [2.05, 4.69) is 14.8 Å². The van der Waals surface area contributed by atoms with Crippen LogP contribution in [0.3, 0.4) is 0 Å². The summed E-state index contributed by atoms with van der Waals surface area (Å²) in [5.74, 6) is -0.601. The number of para-hydroxylation sites is 1. The van der Waals surface area contributed by atoms with Crippen molar-refractivity contribution in [1.82, 2.24) is 14.8 Å². The summed E-state index contributed by atoms with van der Waals surface area (Å²) in [6.07, 6.45) is 1.29. The molecule has 0 aliphatic carbocycles. The zero-order chi connectivity index (χ0) is 18.7. The topological polar surface area (TPSA) is 120 Å². The highest BCUT2D eigenvalue weighted by Gasteiger charge is 2.26. The van der Waals surface area contributed by atoms with Crippen LogP contribution in [0.15, 0.2) is 59.8 Å². The second-order valence-electron chi connectivity index (χ2n) is 5.22. The molecule has 134 valence electrons. The second-order valence-corrected chi connectivity index (χ2v) is 6.87. The molecule has 1 aromatic heterocycles. The van der Waals surface area contributed by atoms with Crippen LogP contribution in [0.1, 0.15) is 5.56 Å². The minimum atomic E-state index is -4.23. The number of nitrogens with zero attached hydrogens (tertiary/aromatic N) is 4. The number of nitrogens with one attached hydrogen (secondary N) is 1. The maximum Gasteiger partial charge on any atom is 0.289 e. The Bertz CT molecular complexity index is 1050. The molecule has 9 nitrogen and oxygen atoms in total. The van der Waals surface area contributed by atoms with Crippen molar-refractivity contribution in [2.45, 2.75) is 11.4 Å². The zero-order valence-corrected chi connectivity index (χ0v) is 13.9. The molecule has 0 radical (unpaired) electrons. The fourth-order valence-corrected chi connectivity index (χ4v) is 3.32. The van der Waals surface area contributed by atoms with Gasteiger partial charge in [0.2, 0.25) is 0 Å². The van der Waals surface area contributed by atoms with Gasteiger partial charge in [0.1, 0.15) is 12.1 Å². The molecule has 0 spiro atoms. The van der Waals surface area contributed by atoms with Gasteiger partial charge in [0.15, 0.2) is 4.90 Å². The van der Waals surface area contributed by atoms with Gasteiger partial charge in [0.05, 0.1) is 11.5 Å². The SMILES string of the molecule is O=[N+]([O-])c1ccccc1S(=O)(=O)Nc1ncn(Cc2ccc(F)cc2)n1. The first-order chi connectivity index (χ1) is 12.3. The second kappa shape index (κ2) is 6.88. The predicted molar refractivity (Wildman–Crippen MR) is 89.4 cm³/mol. The van der Waals surface area contributed by atoms with Crippen LogP contribution in [0.2, 0.25) is 0 Å². The average molecular weight is 377 g/mol. The number of nitro groups is 1. The van der Waals surface area contributed by atoms with Crippen molar-refractivity contribution in [2.75, 3.05) is 4.72 Å². The van der Waals surface area contributed by atoms with Gasteiger partial charge in [-0.05, 0) is 23.8 Å². The first kappa shape index (κ1) is 17.5. The maximum absolute atomic E-state index is 12.9. The van der Waals surface area contributed by atoms with Gasteiger partial charge in [0, 0.05) is 6.07 Å². The fraction of sp³-hybridized carbons (Fsp3) is 0.0667. The van der Waals surface area contributed by atoms with E-state index in [-0.39, 0.29) is 18.3 Å². The molecule has 3 rings (SSSR count). The molecule has 0 unspecified atom stereocenters. The van der Waals surface area contributed by atoms with Gasteiger partial charge >= 0.3 is 0 Å². The third-order valence-electron chi connectivity index (χ3n) is 3.37. The number of halogens is 1. The fourth-order valence-electron chi connectivity index (χ4n) is 2.20. The Hall–Kier alpha value is -3.34. The number of benzene rings is 2. The van der Waals surface area contributed by atoms with E-state index in [0.29, 0.717) is 0 Å². The molecule has 0 aliphatic rings. The summed E-state index contributed by atoms with van der Waals surface area (Å²) in [6.45, 7) is 0.250.